The van der Waals surface area contributed by atoms with Crippen LogP contribution in [0.3, 0.4) is 0 Å². The second-order valence-corrected chi connectivity index (χ2v) is 7.22. The van der Waals surface area contributed by atoms with Gasteiger partial charge in [0, 0.05) is 6.04 Å². The molecule has 3 unspecified atom stereocenters. The molecule has 3 heteroatoms. The summed E-state index contributed by atoms with van der Waals surface area (Å²) in [6, 6.07) is -0.0349. The van der Waals surface area contributed by atoms with Gasteiger partial charge in [-0.05, 0) is 49.4 Å². The fourth-order valence-corrected chi connectivity index (χ4v) is 3.39. The maximum absolute atomic E-state index is 11.1. The predicted molar refractivity (Wildman–Crippen MR) is 74.4 cm³/mol. The molecule has 1 aliphatic rings. The van der Waals surface area contributed by atoms with Crippen molar-refractivity contribution in [1.82, 2.24) is 0 Å². The number of aliphatic carboxylic acids is 1. The van der Waals surface area contributed by atoms with Gasteiger partial charge >= 0.3 is 5.97 Å². The largest absolute Gasteiger partial charge is 0.481 e. The van der Waals surface area contributed by atoms with Gasteiger partial charge in [-0.15, -0.1) is 0 Å². The molecule has 3 N–H and O–H groups in total. The Morgan fingerprint density at radius 3 is 2.44 bits per heavy atom. The number of rotatable bonds is 3. The summed E-state index contributed by atoms with van der Waals surface area (Å²) in [5, 5.41) is 9.14. The molecule has 1 aliphatic carbocycles. The van der Waals surface area contributed by atoms with Crippen LogP contribution in [0.4, 0.5) is 0 Å². The van der Waals surface area contributed by atoms with Crippen LogP contribution in [0.2, 0.25) is 0 Å². The maximum Gasteiger partial charge on any atom is 0.303 e. The number of carbonyl (C=O) groups is 1. The lowest BCUT2D eigenvalue weighted by Crippen LogP contribution is -2.41. The number of hydrogen-bond acceptors (Lipinski definition) is 2. The van der Waals surface area contributed by atoms with Crippen LogP contribution >= 0.6 is 0 Å². The van der Waals surface area contributed by atoms with Gasteiger partial charge in [-0.25, -0.2) is 0 Å². The van der Waals surface area contributed by atoms with Gasteiger partial charge in [-0.3, -0.25) is 4.79 Å². The minimum absolute atomic E-state index is 0.0349. The van der Waals surface area contributed by atoms with Crippen molar-refractivity contribution in [1.29, 1.82) is 0 Å². The van der Waals surface area contributed by atoms with Crippen molar-refractivity contribution >= 4 is 5.97 Å². The quantitative estimate of drug-likeness (QED) is 0.759. The third-order valence-corrected chi connectivity index (χ3v) is 4.91. The first kappa shape index (κ1) is 15.5. The number of carboxylic acids is 1. The van der Waals surface area contributed by atoms with E-state index in [-0.39, 0.29) is 17.9 Å². The van der Waals surface area contributed by atoms with E-state index in [9.17, 15) is 4.79 Å². The summed E-state index contributed by atoms with van der Waals surface area (Å²) in [6.45, 7) is 8.83. The average molecular weight is 255 g/mol. The highest BCUT2D eigenvalue weighted by Crippen LogP contribution is 2.46. The van der Waals surface area contributed by atoms with Crippen molar-refractivity contribution < 1.29 is 9.90 Å². The average Bonchev–Trinajstić information content (AvgIpc) is 2.39. The van der Waals surface area contributed by atoms with Crippen LogP contribution in [0.25, 0.3) is 0 Å². The number of nitrogens with two attached hydrogens (primary N) is 1. The lowest BCUT2D eigenvalue weighted by molar-refractivity contribution is -0.140. The molecule has 0 aliphatic heterocycles. The molecule has 3 atom stereocenters. The van der Waals surface area contributed by atoms with Crippen LogP contribution in [-0.2, 0) is 4.79 Å². The third-order valence-electron chi connectivity index (χ3n) is 4.91. The normalized spacial score (nSPS) is 31.7. The molecule has 0 amide bonds. The van der Waals surface area contributed by atoms with E-state index in [1.54, 1.807) is 0 Å². The third kappa shape index (κ3) is 3.71. The highest BCUT2D eigenvalue weighted by atomic mass is 16.4. The Morgan fingerprint density at radius 2 is 2.00 bits per heavy atom. The molecule has 0 aromatic rings. The zero-order valence-corrected chi connectivity index (χ0v) is 12.3. The van der Waals surface area contributed by atoms with Gasteiger partial charge in [0.05, 0.1) is 6.42 Å². The minimum atomic E-state index is -0.707. The van der Waals surface area contributed by atoms with E-state index in [4.69, 9.17) is 10.8 Å². The van der Waals surface area contributed by atoms with Crippen molar-refractivity contribution in [2.75, 3.05) is 0 Å². The summed E-state index contributed by atoms with van der Waals surface area (Å²) in [7, 11) is 0. The standard InChI is InChI=1S/C15H29NO2/c1-11(16)15(10-13(17)18)8-5-6-12(7-9-15)14(2,3)4/h11-12H,5-10,16H2,1-4H3,(H,17,18). The second-order valence-electron chi connectivity index (χ2n) is 7.22. The molecule has 3 nitrogen and oxygen atoms in total. The van der Waals surface area contributed by atoms with E-state index in [1.165, 1.54) is 6.42 Å². The van der Waals surface area contributed by atoms with E-state index in [2.05, 4.69) is 20.8 Å². The zero-order chi connectivity index (χ0) is 14.0. The molecule has 0 aromatic heterocycles. The van der Waals surface area contributed by atoms with Crippen molar-refractivity contribution in [3.63, 3.8) is 0 Å². The monoisotopic (exact) mass is 255 g/mol. The Balaban J connectivity index is 2.81. The molecule has 1 saturated carbocycles. The fraction of sp³-hybridized carbons (Fsp3) is 0.933. The van der Waals surface area contributed by atoms with E-state index < -0.39 is 5.97 Å². The molecule has 18 heavy (non-hydrogen) atoms. The second kappa shape index (κ2) is 5.60. The van der Waals surface area contributed by atoms with Gasteiger partial charge < -0.3 is 10.8 Å². The molecule has 0 heterocycles. The first-order valence-electron chi connectivity index (χ1n) is 7.15. The molecule has 1 fully saturated rings. The van der Waals surface area contributed by atoms with Crippen molar-refractivity contribution in [2.24, 2.45) is 22.5 Å². The highest BCUT2D eigenvalue weighted by Gasteiger charge is 2.40. The first-order chi connectivity index (χ1) is 8.17. The Kier molecular flexibility index (Phi) is 4.82. The summed E-state index contributed by atoms with van der Waals surface area (Å²) in [6.07, 6.45) is 5.57. The van der Waals surface area contributed by atoms with Crippen molar-refractivity contribution in [3.05, 3.63) is 0 Å². The SMILES string of the molecule is CC(N)C1(CC(=O)O)CCCC(C(C)(C)C)CC1. The van der Waals surface area contributed by atoms with E-state index >= 15 is 0 Å². The Bertz CT molecular complexity index is 293. The van der Waals surface area contributed by atoms with Gasteiger partial charge in [0.1, 0.15) is 0 Å². The Labute approximate surface area is 111 Å². The molecule has 0 bridgehead atoms. The summed E-state index contributed by atoms with van der Waals surface area (Å²) in [5.41, 5.74) is 6.24. The molecule has 106 valence electrons. The van der Waals surface area contributed by atoms with Gasteiger partial charge in [0.15, 0.2) is 0 Å². The maximum atomic E-state index is 11.1. The van der Waals surface area contributed by atoms with Crippen molar-refractivity contribution in [3.8, 4) is 0 Å². The Morgan fingerprint density at radius 1 is 1.39 bits per heavy atom. The molecule has 0 radical (unpaired) electrons. The lowest BCUT2D eigenvalue weighted by atomic mass is 9.71. The smallest absolute Gasteiger partial charge is 0.303 e. The van der Waals surface area contributed by atoms with Crippen LogP contribution in [-0.4, -0.2) is 17.1 Å². The van der Waals surface area contributed by atoms with E-state index in [0.29, 0.717) is 11.3 Å². The molecule has 1 rings (SSSR count). The lowest BCUT2D eigenvalue weighted by Gasteiger charge is -2.36. The van der Waals surface area contributed by atoms with Crippen LogP contribution in [0.15, 0.2) is 0 Å². The summed E-state index contributed by atoms with van der Waals surface area (Å²) in [4.78, 5) is 11.1. The van der Waals surface area contributed by atoms with Gasteiger partial charge in [-0.1, -0.05) is 27.2 Å². The molecule has 0 spiro atoms. The molecular formula is C15H29NO2. The van der Waals surface area contributed by atoms with E-state index in [1.807, 2.05) is 6.92 Å². The Hall–Kier alpha value is -0.570. The summed E-state index contributed by atoms with van der Waals surface area (Å²) in [5.74, 6) is -0.0200. The summed E-state index contributed by atoms with van der Waals surface area (Å²) >= 11 is 0. The number of hydrogen-bond donors (Lipinski definition) is 2. The van der Waals surface area contributed by atoms with Crippen LogP contribution in [0.1, 0.15) is 66.2 Å². The fourth-order valence-electron chi connectivity index (χ4n) is 3.39. The van der Waals surface area contributed by atoms with Gasteiger partial charge in [0.25, 0.3) is 0 Å². The van der Waals surface area contributed by atoms with Gasteiger partial charge in [-0.2, -0.15) is 0 Å². The first-order valence-corrected chi connectivity index (χ1v) is 7.15. The zero-order valence-electron chi connectivity index (χ0n) is 12.3. The predicted octanol–water partition coefficient (Wildman–Crippen LogP) is 3.42. The van der Waals surface area contributed by atoms with Gasteiger partial charge in [0.2, 0.25) is 0 Å². The van der Waals surface area contributed by atoms with E-state index in [0.717, 1.165) is 25.7 Å². The topological polar surface area (TPSA) is 63.3 Å². The minimum Gasteiger partial charge on any atom is -0.481 e. The number of carboxylic acid groups (broad SMARTS) is 1. The van der Waals surface area contributed by atoms with Crippen LogP contribution < -0.4 is 5.73 Å². The molecule has 0 aromatic carbocycles. The summed E-state index contributed by atoms with van der Waals surface area (Å²) < 4.78 is 0. The van der Waals surface area contributed by atoms with Crippen LogP contribution in [0.5, 0.6) is 0 Å². The highest BCUT2D eigenvalue weighted by molar-refractivity contribution is 5.67. The molecular weight excluding hydrogens is 226 g/mol. The van der Waals surface area contributed by atoms with Crippen molar-refractivity contribution in [2.45, 2.75) is 72.3 Å². The van der Waals surface area contributed by atoms with Crippen LogP contribution in [0, 0.1) is 16.7 Å². The molecule has 0 saturated heterocycles.